The van der Waals surface area contributed by atoms with Gasteiger partial charge in [-0.3, -0.25) is 9.59 Å². The summed E-state index contributed by atoms with van der Waals surface area (Å²) in [6.45, 7) is 3.44. The number of rotatable bonds is 8. The average molecular weight is 395 g/mol. The molecule has 0 aromatic heterocycles. The lowest BCUT2D eigenvalue weighted by Crippen LogP contribution is -2.46. The molecule has 1 fully saturated rings. The van der Waals surface area contributed by atoms with E-state index in [4.69, 9.17) is 4.74 Å². The number of carbonyl (C=O) groups is 2. The van der Waals surface area contributed by atoms with Crippen LogP contribution in [-0.4, -0.2) is 43.0 Å². The van der Waals surface area contributed by atoms with Gasteiger partial charge in [0.15, 0.2) is 0 Å². The summed E-state index contributed by atoms with van der Waals surface area (Å²) in [6, 6.07) is 15.0. The van der Waals surface area contributed by atoms with Crippen LogP contribution in [0.2, 0.25) is 0 Å². The summed E-state index contributed by atoms with van der Waals surface area (Å²) >= 11 is 0. The molecule has 1 aliphatic heterocycles. The molecule has 1 unspecified atom stereocenters. The number of hydrogen-bond donors (Lipinski definition) is 1. The van der Waals surface area contributed by atoms with Crippen molar-refractivity contribution >= 4 is 11.8 Å². The largest absolute Gasteiger partial charge is 0.497 e. The van der Waals surface area contributed by atoms with Crippen molar-refractivity contribution in [2.75, 3.05) is 20.2 Å². The molecule has 29 heavy (non-hydrogen) atoms. The number of likely N-dealkylation sites (tertiary alicyclic amines) is 1. The van der Waals surface area contributed by atoms with Crippen LogP contribution in [0.1, 0.15) is 49.4 Å². The molecule has 0 bridgehead atoms. The highest BCUT2D eigenvalue weighted by Crippen LogP contribution is 2.26. The third kappa shape index (κ3) is 5.17. The van der Waals surface area contributed by atoms with Gasteiger partial charge in [0.05, 0.1) is 7.11 Å². The summed E-state index contributed by atoms with van der Waals surface area (Å²) in [6.07, 6.45) is 4.78. The van der Waals surface area contributed by atoms with Crippen molar-refractivity contribution < 1.29 is 14.3 Å². The number of methoxy groups -OCH3 is 1. The maximum atomic E-state index is 13.2. The van der Waals surface area contributed by atoms with Crippen molar-refractivity contribution in [3.8, 4) is 16.9 Å². The van der Waals surface area contributed by atoms with Gasteiger partial charge in [0, 0.05) is 18.7 Å². The molecule has 1 N–H and O–H groups in total. The number of carbonyl (C=O) groups excluding carboxylic acids is 2. The summed E-state index contributed by atoms with van der Waals surface area (Å²) < 4.78 is 5.30. The average Bonchev–Trinajstić information content (AvgIpc) is 3.26. The Bertz CT molecular complexity index is 850. The zero-order valence-electron chi connectivity index (χ0n) is 17.3. The first-order chi connectivity index (χ1) is 14.1. The highest BCUT2D eigenvalue weighted by molar-refractivity contribution is 5.98. The lowest BCUT2D eigenvalue weighted by atomic mass is 10.0. The first kappa shape index (κ1) is 20.9. The van der Waals surface area contributed by atoms with Crippen molar-refractivity contribution in [1.82, 2.24) is 10.2 Å². The van der Waals surface area contributed by atoms with E-state index in [0.717, 1.165) is 49.0 Å². The van der Waals surface area contributed by atoms with Crippen molar-refractivity contribution in [2.24, 2.45) is 0 Å². The van der Waals surface area contributed by atoms with Crippen molar-refractivity contribution in [1.29, 1.82) is 0 Å². The van der Waals surface area contributed by atoms with Crippen LogP contribution in [0.15, 0.2) is 48.5 Å². The number of benzene rings is 2. The SMILES string of the molecule is CCCCCNC(=O)C1CCCN1C(=O)c1cccc(-c2cccc(OC)c2)c1. The quantitative estimate of drug-likeness (QED) is 0.680. The molecule has 0 spiro atoms. The van der Waals surface area contributed by atoms with Crippen LogP contribution in [-0.2, 0) is 4.79 Å². The fourth-order valence-electron chi connectivity index (χ4n) is 3.79. The molecule has 2 amide bonds. The van der Waals surface area contributed by atoms with E-state index in [1.165, 1.54) is 0 Å². The maximum absolute atomic E-state index is 13.2. The van der Waals surface area contributed by atoms with E-state index in [1.54, 1.807) is 12.0 Å². The predicted molar refractivity (Wildman–Crippen MR) is 115 cm³/mol. The van der Waals surface area contributed by atoms with Gasteiger partial charge in [-0.15, -0.1) is 0 Å². The molecular formula is C24H30N2O3. The minimum absolute atomic E-state index is 0.0316. The molecular weight excluding hydrogens is 364 g/mol. The van der Waals surface area contributed by atoms with Crippen LogP contribution in [0.4, 0.5) is 0 Å². The van der Waals surface area contributed by atoms with Gasteiger partial charge in [-0.1, -0.05) is 44.0 Å². The van der Waals surface area contributed by atoms with Crippen LogP contribution in [0.5, 0.6) is 5.75 Å². The second-order valence-corrected chi connectivity index (χ2v) is 7.47. The van der Waals surface area contributed by atoms with Gasteiger partial charge < -0.3 is 15.0 Å². The van der Waals surface area contributed by atoms with E-state index in [2.05, 4.69) is 12.2 Å². The molecule has 154 valence electrons. The summed E-state index contributed by atoms with van der Waals surface area (Å²) in [5, 5.41) is 3.00. The number of nitrogens with zero attached hydrogens (tertiary/aromatic N) is 1. The number of unbranched alkanes of at least 4 members (excludes halogenated alkanes) is 2. The van der Waals surface area contributed by atoms with E-state index in [-0.39, 0.29) is 17.9 Å². The summed E-state index contributed by atoms with van der Waals surface area (Å²) in [5.74, 6) is 0.662. The van der Waals surface area contributed by atoms with E-state index in [0.29, 0.717) is 18.7 Å². The third-order valence-corrected chi connectivity index (χ3v) is 5.41. The normalized spacial score (nSPS) is 15.9. The number of amides is 2. The fourth-order valence-corrected chi connectivity index (χ4v) is 3.79. The Morgan fingerprint density at radius 2 is 1.86 bits per heavy atom. The van der Waals surface area contributed by atoms with Crippen molar-refractivity contribution in [3.05, 3.63) is 54.1 Å². The third-order valence-electron chi connectivity index (χ3n) is 5.41. The van der Waals surface area contributed by atoms with Crippen molar-refractivity contribution in [3.63, 3.8) is 0 Å². The van der Waals surface area contributed by atoms with E-state index < -0.39 is 0 Å². The summed E-state index contributed by atoms with van der Waals surface area (Å²) in [4.78, 5) is 27.5. The molecule has 0 radical (unpaired) electrons. The van der Waals surface area contributed by atoms with Gasteiger partial charge in [0.25, 0.3) is 5.91 Å². The molecule has 1 aliphatic rings. The van der Waals surface area contributed by atoms with Gasteiger partial charge in [0.1, 0.15) is 11.8 Å². The minimum Gasteiger partial charge on any atom is -0.497 e. The van der Waals surface area contributed by atoms with Crippen LogP contribution in [0.3, 0.4) is 0 Å². The standard InChI is InChI=1S/C24H30N2O3/c1-3-4-5-14-25-23(27)22-13-8-15-26(22)24(28)20-11-6-9-18(16-20)19-10-7-12-21(17-19)29-2/h6-7,9-12,16-17,22H,3-5,8,13-15H2,1-2H3,(H,25,27). The van der Waals surface area contributed by atoms with Gasteiger partial charge in [-0.2, -0.15) is 0 Å². The molecule has 1 saturated heterocycles. The first-order valence-corrected chi connectivity index (χ1v) is 10.5. The molecule has 0 aliphatic carbocycles. The molecule has 1 atom stereocenters. The smallest absolute Gasteiger partial charge is 0.254 e. The Balaban J connectivity index is 1.73. The predicted octanol–water partition coefficient (Wildman–Crippen LogP) is 4.27. The van der Waals surface area contributed by atoms with Crippen LogP contribution >= 0.6 is 0 Å². The van der Waals surface area contributed by atoms with Crippen LogP contribution < -0.4 is 10.1 Å². The molecule has 2 aromatic carbocycles. The Morgan fingerprint density at radius 3 is 2.62 bits per heavy atom. The molecule has 3 rings (SSSR count). The van der Waals surface area contributed by atoms with E-state index >= 15 is 0 Å². The Hall–Kier alpha value is -2.82. The van der Waals surface area contributed by atoms with Gasteiger partial charge >= 0.3 is 0 Å². The van der Waals surface area contributed by atoms with Gasteiger partial charge in [-0.05, 0) is 54.7 Å². The summed E-state index contributed by atoms with van der Waals surface area (Å²) in [7, 11) is 1.64. The fraction of sp³-hybridized carbons (Fsp3) is 0.417. The lowest BCUT2D eigenvalue weighted by molar-refractivity contribution is -0.124. The maximum Gasteiger partial charge on any atom is 0.254 e. The Kier molecular flexibility index (Phi) is 7.28. The highest BCUT2D eigenvalue weighted by atomic mass is 16.5. The number of ether oxygens (including phenoxy) is 1. The summed E-state index contributed by atoms with van der Waals surface area (Å²) in [5.41, 5.74) is 2.55. The molecule has 1 heterocycles. The number of nitrogens with one attached hydrogen (secondary N) is 1. The Morgan fingerprint density at radius 1 is 1.10 bits per heavy atom. The molecule has 2 aromatic rings. The van der Waals surface area contributed by atoms with Gasteiger partial charge in [0.2, 0.25) is 5.91 Å². The van der Waals surface area contributed by atoms with Gasteiger partial charge in [-0.25, -0.2) is 0 Å². The zero-order chi connectivity index (χ0) is 20.6. The Labute approximate surface area is 173 Å². The van der Waals surface area contributed by atoms with Crippen LogP contribution in [0, 0.1) is 0 Å². The minimum atomic E-state index is -0.371. The van der Waals surface area contributed by atoms with E-state index in [1.807, 2.05) is 48.5 Å². The monoisotopic (exact) mass is 394 g/mol. The lowest BCUT2D eigenvalue weighted by Gasteiger charge is -2.24. The number of hydrogen-bond acceptors (Lipinski definition) is 3. The molecule has 5 nitrogen and oxygen atoms in total. The second-order valence-electron chi connectivity index (χ2n) is 7.47. The van der Waals surface area contributed by atoms with E-state index in [9.17, 15) is 9.59 Å². The molecule has 5 heteroatoms. The highest BCUT2D eigenvalue weighted by Gasteiger charge is 2.34. The van der Waals surface area contributed by atoms with Crippen molar-refractivity contribution in [2.45, 2.75) is 45.1 Å². The van der Waals surface area contributed by atoms with Crippen LogP contribution in [0.25, 0.3) is 11.1 Å². The first-order valence-electron chi connectivity index (χ1n) is 10.5. The second kappa shape index (κ2) is 10.1. The topological polar surface area (TPSA) is 58.6 Å². The molecule has 0 saturated carbocycles. The zero-order valence-corrected chi connectivity index (χ0v) is 17.3.